The minimum atomic E-state index is -0.0695. The van der Waals surface area contributed by atoms with Gasteiger partial charge in [-0.05, 0) is 163 Å². The number of carbonyl (C=O) groups excluding carboxylic acids is 3. The third-order valence-electron chi connectivity index (χ3n) is 16.5. The van der Waals surface area contributed by atoms with E-state index in [-0.39, 0.29) is 23.8 Å². The number of methoxy groups -OCH3 is 3. The number of amides is 3. The zero-order valence-corrected chi connectivity index (χ0v) is 55.8. The zero-order chi connectivity index (χ0) is 68.6. The number of ether oxygens (including phenoxy) is 5. The summed E-state index contributed by atoms with van der Waals surface area (Å²) < 4.78 is 26.5. The van der Waals surface area contributed by atoms with Crippen molar-refractivity contribution in [2.24, 2.45) is 0 Å². The molecule has 0 radical (unpaired) electrons. The molecule has 3 aromatic carbocycles. The molecule has 2 fully saturated rings. The van der Waals surface area contributed by atoms with Gasteiger partial charge in [0.25, 0.3) is 17.7 Å². The number of anilines is 6. The van der Waals surface area contributed by atoms with E-state index >= 15 is 0 Å². The average Bonchev–Trinajstić information content (AvgIpc) is 1.46. The van der Waals surface area contributed by atoms with Gasteiger partial charge in [-0.1, -0.05) is 0 Å². The quantitative estimate of drug-likeness (QED) is 0.0438. The number of aromatic amines is 3. The first kappa shape index (κ1) is 67.6. The van der Waals surface area contributed by atoms with Crippen LogP contribution in [-0.4, -0.2) is 180 Å². The minimum Gasteiger partial charge on any atom is -0.381 e. The van der Waals surface area contributed by atoms with E-state index in [1.165, 1.54) is 0 Å². The van der Waals surface area contributed by atoms with Crippen molar-refractivity contribution in [2.75, 3.05) is 97.9 Å². The number of hydrogen-bond acceptors (Lipinski definition) is 20. The van der Waals surface area contributed by atoms with E-state index in [0.29, 0.717) is 111 Å². The molecule has 11 heterocycles. The van der Waals surface area contributed by atoms with Crippen LogP contribution in [0.2, 0.25) is 0 Å². The van der Waals surface area contributed by atoms with Crippen molar-refractivity contribution in [3.05, 3.63) is 198 Å². The third kappa shape index (κ3) is 17.2. The summed E-state index contributed by atoms with van der Waals surface area (Å²) in [5.74, 6) is 1.31. The molecule has 0 atom stereocenters. The number of pyridine rings is 3. The molecule has 0 spiro atoms. The first-order chi connectivity index (χ1) is 48.3. The van der Waals surface area contributed by atoms with Crippen LogP contribution < -0.4 is 16.0 Å². The fourth-order valence-electron chi connectivity index (χ4n) is 11.5. The van der Waals surface area contributed by atoms with Gasteiger partial charge < -0.3 is 69.3 Å². The van der Waals surface area contributed by atoms with Gasteiger partial charge in [0.05, 0.1) is 60.6 Å². The van der Waals surface area contributed by atoms with Crippen molar-refractivity contribution >= 4 is 85.3 Å². The number of carbonyl (C=O) groups is 3. The molecular formula is C73H76N18O8. The van der Waals surface area contributed by atoms with Gasteiger partial charge in [0.1, 0.15) is 17.1 Å². The topological polar surface area (TPSA) is 307 Å². The van der Waals surface area contributed by atoms with Gasteiger partial charge in [0, 0.05) is 168 Å². The highest BCUT2D eigenvalue weighted by molar-refractivity contribution is 6.01. The van der Waals surface area contributed by atoms with Crippen LogP contribution >= 0.6 is 0 Å². The van der Waals surface area contributed by atoms with Crippen molar-refractivity contribution in [1.82, 2.24) is 74.5 Å². The van der Waals surface area contributed by atoms with Gasteiger partial charge in [-0.2, -0.15) is 0 Å². The van der Waals surface area contributed by atoms with Crippen LogP contribution in [0.15, 0.2) is 165 Å². The van der Waals surface area contributed by atoms with E-state index in [4.69, 9.17) is 23.7 Å². The molecule has 9 aromatic heterocycles. The van der Waals surface area contributed by atoms with Gasteiger partial charge >= 0.3 is 0 Å². The fraction of sp³-hybridized carbons (Fsp3) is 0.260. The number of nitrogens with one attached hydrogen (secondary N) is 6. The number of nitrogens with zero attached hydrogens (tertiary/aromatic N) is 12. The molecule has 12 aromatic rings. The number of rotatable bonds is 19. The first-order valence-corrected chi connectivity index (χ1v) is 32.3. The maximum atomic E-state index is 13.0. The van der Waals surface area contributed by atoms with Crippen molar-refractivity contribution in [3.63, 3.8) is 0 Å². The minimum absolute atomic E-state index is 0.00422. The average molecular weight is 1330 g/mol. The number of aromatic nitrogens is 12. The second kappa shape index (κ2) is 32.1. The van der Waals surface area contributed by atoms with E-state index in [1.54, 1.807) is 77.5 Å². The van der Waals surface area contributed by atoms with Crippen LogP contribution in [0.3, 0.4) is 0 Å². The largest absolute Gasteiger partial charge is 0.381 e. The van der Waals surface area contributed by atoms with Crippen LogP contribution in [-0.2, 0) is 43.5 Å². The van der Waals surface area contributed by atoms with E-state index in [9.17, 15) is 14.4 Å². The maximum Gasteiger partial charge on any atom is 0.270 e. The van der Waals surface area contributed by atoms with Gasteiger partial charge in [-0.25, -0.2) is 29.9 Å². The highest BCUT2D eigenvalue weighted by Gasteiger charge is 2.25. The molecule has 0 bridgehead atoms. The molecule has 2 aliphatic heterocycles. The Morgan fingerprint density at radius 1 is 0.455 bits per heavy atom. The molecule has 0 saturated carbocycles. The van der Waals surface area contributed by atoms with Crippen molar-refractivity contribution in [1.29, 1.82) is 0 Å². The lowest BCUT2D eigenvalue weighted by Crippen LogP contribution is -2.40. The van der Waals surface area contributed by atoms with E-state index in [0.717, 1.165) is 103 Å². The van der Waals surface area contributed by atoms with Crippen LogP contribution in [0.5, 0.6) is 0 Å². The Kier molecular flexibility index (Phi) is 21.9. The molecule has 14 rings (SSSR count). The molecule has 26 nitrogen and oxygen atoms in total. The Hall–Kier alpha value is -11.4. The van der Waals surface area contributed by atoms with Crippen LogP contribution in [0.4, 0.5) is 34.9 Å². The molecule has 506 valence electrons. The molecule has 26 heteroatoms. The predicted octanol–water partition coefficient (Wildman–Crippen LogP) is 11.5. The SMILES string of the molecule is COCc1ccnc(-c2ccnc(Nc3ccc4[nH]c(C(=O)N(C)C)cc4c3)n2)c1.COCc1ccnc(-c2ccnc(Nc3ccc4[nH]c(C(=O)N(C)C5CCOCC5)cc4c3)n2)c1.COCc1ccnc(-c2ccnc(Nc3ccc4[nH]c(C(=O)N5CCCOCC5)cc4c3)n2)c1. The lowest BCUT2D eigenvalue weighted by molar-refractivity contribution is 0.0359. The zero-order valence-electron chi connectivity index (χ0n) is 55.8. The van der Waals surface area contributed by atoms with Crippen LogP contribution in [0.25, 0.3) is 66.9 Å². The highest BCUT2D eigenvalue weighted by Crippen LogP contribution is 2.29. The number of fused-ring (bicyclic) bond motifs is 3. The van der Waals surface area contributed by atoms with Crippen molar-refractivity contribution < 1.29 is 38.1 Å². The highest BCUT2D eigenvalue weighted by atomic mass is 16.5. The van der Waals surface area contributed by atoms with Crippen LogP contribution in [0, 0.1) is 0 Å². The second-order valence-corrected chi connectivity index (χ2v) is 23.8. The number of benzene rings is 3. The monoisotopic (exact) mass is 1330 g/mol. The summed E-state index contributed by atoms with van der Waals surface area (Å²) in [6.07, 6.45) is 12.9. The maximum absolute atomic E-state index is 13.0. The molecule has 99 heavy (non-hydrogen) atoms. The van der Waals surface area contributed by atoms with Gasteiger partial charge in [-0.3, -0.25) is 29.3 Å². The Morgan fingerprint density at radius 3 is 1.27 bits per heavy atom. The van der Waals surface area contributed by atoms with Gasteiger partial charge in [-0.15, -0.1) is 0 Å². The summed E-state index contributed by atoms with van der Waals surface area (Å²) in [6, 6.07) is 40.4. The number of hydrogen-bond donors (Lipinski definition) is 6. The van der Waals surface area contributed by atoms with Crippen molar-refractivity contribution in [2.45, 2.75) is 45.1 Å². The molecule has 6 N–H and O–H groups in total. The summed E-state index contributed by atoms with van der Waals surface area (Å²) in [5.41, 5.74) is 14.3. The van der Waals surface area contributed by atoms with E-state index < -0.39 is 0 Å². The second-order valence-electron chi connectivity index (χ2n) is 23.8. The summed E-state index contributed by atoms with van der Waals surface area (Å²) >= 11 is 0. The van der Waals surface area contributed by atoms with Gasteiger partial charge in [0.15, 0.2) is 0 Å². The predicted molar refractivity (Wildman–Crippen MR) is 378 cm³/mol. The fourth-order valence-corrected chi connectivity index (χ4v) is 11.5. The molecule has 3 amide bonds. The van der Waals surface area contributed by atoms with Crippen molar-refractivity contribution in [3.8, 4) is 34.2 Å². The summed E-state index contributed by atoms with van der Waals surface area (Å²) in [6.45, 7) is 5.52. The smallest absolute Gasteiger partial charge is 0.270 e. The molecule has 0 unspecified atom stereocenters. The molecule has 2 aliphatic rings. The lowest BCUT2D eigenvalue weighted by Gasteiger charge is -2.30. The molecule has 2 saturated heterocycles. The van der Waals surface area contributed by atoms with Crippen LogP contribution in [0.1, 0.15) is 67.4 Å². The van der Waals surface area contributed by atoms with E-state index in [1.807, 2.05) is 144 Å². The standard InChI is InChI=1S/C26H28N6O3.C25H26N6O3.C22H22N6O2/c1-32(20-7-11-35-12-8-20)25(33)24-15-18-14-19(3-4-21(18)30-24)29-26-28-10-6-22(31-26)23-13-17(16-34-2)5-9-27-23;1-33-16-17-5-7-26-22(13-17)21-6-8-27-25(30-21)28-19-3-4-20-18(14-19)15-23(29-20)24(32)31-9-2-11-34-12-10-31;1-28(2)21(29)20-12-15-11-16(4-5-17(15)26-20)25-22-24-9-7-18(27-22)19-10-14(13-30-3)6-8-23-19/h3-6,9-10,13-15,20,30H,7-8,11-12,16H2,1-2H3,(H,28,29,31);3-8,13-15,29H,2,9-12,16H2,1H3,(H,27,28,30);4-12,26H,13H2,1-3H3,(H,24,25,27). The summed E-state index contributed by atoms with van der Waals surface area (Å²) in [5, 5.41) is 12.5. The molecule has 0 aliphatic carbocycles. The van der Waals surface area contributed by atoms with Gasteiger partial charge in [0.2, 0.25) is 17.8 Å². The summed E-state index contributed by atoms with van der Waals surface area (Å²) in [4.78, 5) is 93.1. The first-order valence-electron chi connectivity index (χ1n) is 32.3. The number of H-pyrrole nitrogens is 3. The Morgan fingerprint density at radius 2 is 0.848 bits per heavy atom. The van der Waals surface area contributed by atoms with E-state index in [2.05, 4.69) is 75.8 Å². The normalized spacial score (nSPS) is 13.2. The summed E-state index contributed by atoms with van der Waals surface area (Å²) in [7, 11) is 10.3. The Bertz CT molecular complexity index is 4770. The Balaban J connectivity index is 0.000000141. The lowest BCUT2D eigenvalue weighted by atomic mass is 10.1. The Labute approximate surface area is 571 Å². The third-order valence-corrected chi connectivity index (χ3v) is 16.5. The molecular weight excluding hydrogens is 1260 g/mol.